The molecular weight excluding hydrogens is 260 g/mol. The summed E-state index contributed by atoms with van der Waals surface area (Å²) in [5.41, 5.74) is 0. The number of rotatable bonds is 3. The van der Waals surface area contributed by atoms with E-state index in [1.807, 2.05) is 11.3 Å². The number of halogens is 1. The van der Waals surface area contributed by atoms with Gasteiger partial charge in [0, 0.05) is 10.9 Å². The van der Waals surface area contributed by atoms with E-state index in [0.29, 0.717) is 6.04 Å². The van der Waals surface area contributed by atoms with Gasteiger partial charge in [-0.25, -0.2) is 0 Å². The molecule has 4 heteroatoms. The van der Waals surface area contributed by atoms with Crippen molar-refractivity contribution >= 4 is 27.3 Å². The Morgan fingerprint density at radius 3 is 3.00 bits per heavy atom. The van der Waals surface area contributed by atoms with Gasteiger partial charge < -0.3 is 10.6 Å². The SMILES string of the molecule is CNC(c1ccc(Br)s1)C1CCNC1. The minimum Gasteiger partial charge on any atom is -0.316 e. The average Bonchev–Trinajstić information content (AvgIpc) is 2.79. The van der Waals surface area contributed by atoms with Gasteiger partial charge in [-0.15, -0.1) is 11.3 Å². The molecule has 1 aliphatic rings. The molecule has 0 aromatic carbocycles. The molecule has 2 rings (SSSR count). The fourth-order valence-corrected chi connectivity index (χ4v) is 3.69. The van der Waals surface area contributed by atoms with E-state index < -0.39 is 0 Å². The summed E-state index contributed by atoms with van der Waals surface area (Å²) in [5.74, 6) is 0.741. The van der Waals surface area contributed by atoms with Crippen molar-refractivity contribution in [3.8, 4) is 0 Å². The van der Waals surface area contributed by atoms with Gasteiger partial charge in [0.25, 0.3) is 0 Å². The molecule has 1 aromatic heterocycles. The quantitative estimate of drug-likeness (QED) is 0.885. The lowest BCUT2D eigenvalue weighted by Gasteiger charge is -2.20. The molecule has 0 spiro atoms. The van der Waals surface area contributed by atoms with E-state index in [1.165, 1.54) is 15.1 Å². The maximum Gasteiger partial charge on any atom is 0.0701 e. The summed E-state index contributed by atoms with van der Waals surface area (Å²) >= 11 is 5.35. The predicted octanol–water partition coefficient (Wildman–Crippen LogP) is 2.38. The zero-order chi connectivity index (χ0) is 9.97. The van der Waals surface area contributed by atoms with Crippen LogP contribution in [0.1, 0.15) is 17.3 Å². The minimum absolute atomic E-state index is 0.515. The van der Waals surface area contributed by atoms with Crippen molar-refractivity contribution in [2.45, 2.75) is 12.5 Å². The van der Waals surface area contributed by atoms with E-state index in [4.69, 9.17) is 0 Å². The Morgan fingerprint density at radius 2 is 2.50 bits per heavy atom. The summed E-state index contributed by atoms with van der Waals surface area (Å²) in [4.78, 5) is 1.44. The first-order valence-electron chi connectivity index (χ1n) is 4.94. The molecule has 0 saturated carbocycles. The van der Waals surface area contributed by atoms with E-state index in [-0.39, 0.29) is 0 Å². The van der Waals surface area contributed by atoms with Gasteiger partial charge in [-0.3, -0.25) is 0 Å². The van der Waals surface area contributed by atoms with Crippen LogP contribution in [0.4, 0.5) is 0 Å². The summed E-state index contributed by atoms with van der Waals surface area (Å²) in [6.07, 6.45) is 1.28. The Labute approximate surface area is 97.2 Å². The molecule has 0 amide bonds. The molecular formula is C10H15BrN2S. The zero-order valence-corrected chi connectivity index (χ0v) is 10.6. The normalized spacial score (nSPS) is 24.0. The van der Waals surface area contributed by atoms with Crippen LogP contribution in [-0.4, -0.2) is 20.1 Å². The van der Waals surface area contributed by atoms with Gasteiger partial charge in [-0.1, -0.05) is 0 Å². The molecule has 2 heterocycles. The van der Waals surface area contributed by atoms with Crippen molar-refractivity contribution in [1.82, 2.24) is 10.6 Å². The van der Waals surface area contributed by atoms with Crippen LogP contribution >= 0.6 is 27.3 Å². The molecule has 14 heavy (non-hydrogen) atoms. The minimum atomic E-state index is 0.515. The summed E-state index contributed by atoms with van der Waals surface area (Å²) in [5, 5.41) is 6.84. The molecule has 2 nitrogen and oxygen atoms in total. The third-order valence-electron chi connectivity index (χ3n) is 2.78. The molecule has 0 aliphatic carbocycles. The van der Waals surface area contributed by atoms with Crippen molar-refractivity contribution < 1.29 is 0 Å². The predicted molar refractivity (Wildman–Crippen MR) is 64.8 cm³/mol. The topological polar surface area (TPSA) is 24.1 Å². The molecule has 2 atom stereocenters. The van der Waals surface area contributed by atoms with Gasteiger partial charge in [-0.05, 0) is 60.5 Å². The highest BCUT2D eigenvalue weighted by atomic mass is 79.9. The highest BCUT2D eigenvalue weighted by Gasteiger charge is 2.25. The fraction of sp³-hybridized carbons (Fsp3) is 0.600. The molecule has 2 N–H and O–H groups in total. The van der Waals surface area contributed by atoms with Crippen LogP contribution in [0.5, 0.6) is 0 Å². The second kappa shape index (κ2) is 4.75. The fourth-order valence-electron chi connectivity index (χ4n) is 2.07. The van der Waals surface area contributed by atoms with E-state index >= 15 is 0 Å². The Bertz CT molecular complexity index is 294. The van der Waals surface area contributed by atoms with Crippen molar-refractivity contribution in [3.63, 3.8) is 0 Å². The lowest BCUT2D eigenvalue weighted by molar-refractivity contribution is 0.416. The van der Waals surface area contributed by atoms with Crippen LogP contribution < -0.4 is 10.6 Å². The van der Waals surface area contributed by atoms with Crippen LogP contribution in [0.25, 0.3) is 0 Å². The number of hydrogen-bond acceptors (Lipinski definition) is 3. The summed E-state index contributed by atoms with van der Waals surface area (Å²) < 4.78 is 1.22. The van der Waals surface area contributed by atoms with Gasteiger partial charge in [0.15, 0.2) is 0 Å². The second-order valence-corrected chi connectivity index (χ2v) is 6.16. The summed E-state index contributed by atoms with van der Waals surface area (Å²) in [6.45, 7) is 2.30. The van der Waals surface area contributed by atoms with E-state index in [9.17, 15) is 0 Å². The summed E-state index contributed by atoms with van der Waals surface area (Å²) in [6, 6.07) is 4.86. The Kier molecular flexibility index (Phi) is 3.60. The van der Waals surface area contributed by atoms with Gasteiger partial charge in [0.2, 0.25) is 0 Å². The first-order valence-corrected chi connectivity index (χ1v) is 6.55. The third kappa shape index (κ3) is 2.19. The Balaban J connectivity index is 2.12. The maximum absolute atomic E-state index is 3.51. The van der Waals surface area contributed by atoms with E-state index in [2.05, 4.69) is 45.7 Å². The maximum atomic E-state index is 3.51. The van der Waals surface area contributed by atoms with Crippen LogP contribution in [-0.2, 0) is 0 Å². The smallest absolute Gasteiger partial charge is 0.0701 e. The molecule has 1 aliphatic heterocycles. The zero-order valence-electron chi connectivity index (χ0n) is 8.22. The number of thiophene rings is 1. The third-order valence-corrected chi connectivity index (χ3v) is 4.49. The van der Waals surface area contributed by atoms with Crippen molar-refractivity contribution in [1.29, 1.82) is 0 Å². The highest BCUT2D eigenvalue weighted by molar-refractivity contribution is 9.11. The molecule has 2 unspecified atom stereocenters. The summed E-state index contributed by atoms with van der Waals surface area (Å²) in [7, 11) is 2.05. The lowest BCUT2D eigenvalue weighted by Crippen LogP contribution is -2.26. The molecule has 0 bridgehead atoms. The first-order chi connectivity index (χ1) is 6.81. The molecule has 0 radical (unpaired) electrons. The van der Waals surface area contributed by atoms with Gasteiger partial charge >= 0.3 is 0 Å². The van der Waals surface area contributed by atoms with Crippen LogP contribution in [0.3, 0.4) is 0 Å². The highest BCUT2D eigenvalue weighted by Crippen LogP contribution is 2.33. The molecule has 78 valence electrons. The number of nitrogens with one attached hydrogen (secondary N) is 2. The standard InChI is InChI=1S/C10H15BrN2S/c1-12-10(7-4-5-13-6-7)8-2-3-9(11)14-8/h2-3,7,10,12-13H,4-6H2,1H3. The number of hydrogen-bond donors (Lipinski definition) is 2. The molecule has 1 aromatic rings. The van der Waals surface area contributed by atoms with Crippen LogP contribution in [0.2, 0.25) is 0 Å². The largest absolute Gasteiger partial charge is 0.316 e. The molecule has 1 fully saturated rings. The van der Waals surface area contributed by atoms with Crippen molar-refractivity contribution in [2.75, 3.05) is 20.1 Å². The van der Waals surface area contributed by atoms with E-state index in [0.717, 1.165) is 19.0 Å². The first kappa shape index (κ1) is 10.6. The van der Waals surface area contributed by atoms with Crippen molar-refractivity contribution in [2.24, 2.45) is 5.92 Å². The van der Waals surface area contributed by atoms with Crippen LogP contribution in [0.15, 0.2) is 15.9 Å². The lowest BCUT2D eigenvalue weighted by atomic mass is 9.98. The van der Waals surface area contributed by atoms with Crippen molar-refractivity contribution in [3.05, 3.63) is 20.8 Å². The Morgan fingerprint density at radius 1 is 1.64 bits per heavy atom. The molecule has 1 saturated heterocycles. The monoisotopic (exact) mass is 274 g/mol. The van der Waals surface area contributed by atoms with Crippen LogP contribution in [0, 0.1) is 5.92 Å². The second-order valence-electron chi connectivity index (χ2n) is 3.66. The van der Waals surface area contributed by atoms with Gasteiger partial charge in [0.05, 0.1) is 3.79 Å². The van der Waals surface area contributed by atoms with Gasteiger partial charge in [-0.2, -0.15) is 0 Å². The average molecular weight is 275 g/mol. The van der Waals surface area contributed by atoms with E-state index in [1.54, 1.807) is 0 Å². The van der Waals surface area contributed by atoms with Gasteiger partial charge in [0.1, 0.15) is 0 Å². The Hall–Kier alpha value is 0.1000.